The van der Waals surface area contributed by atoms with Gasteiger partial charge in [-0.15, -0.1) is 0 Å². The van der Waals surface area contributed by atoms with Crippen molar-refractivity contribution >= 4 is 23.1 Å². The fourth-order valence-corrected chi connectivity index (χ4v) is 2.90. The molecule has 0 fully saturated rings. The lowest BCUT2D eigenvalue weighted by Crippen LogP contribution is -2.23. The van der Waals surface area contributed by atoms with Crippen molar-refractivity contribution in [2.24, 2.45) is 0 Å². The summed E-state index contributed by atoms with van der Waals surface area (Å²) in [7, 11) is 0. The van der Waals surface area contributed by atoms with Crippen LogP contribution in [0.3, 0.4) is 0 Å². The number of nitriles is 1. The molecule has 0 heterocycles. The molecule has 8 heteroatoms. The molecule has 0 bridgehead atoms. The van der Waals surface area contributed by atoms with E-state index >= 15 is 0 Å². The Morgan fingerprint density at radius 3 is 2.71 bits per heavy atom. The maximum absolute atomic E-state index is 10.8. The van der Waals surface area contributed by atoms with E-state index in [1.165, 1.54) is 23.9 Å². The molecular formula is C16H15N3O4S. The van der Waals surface area contributed by atoms with Gasteiger partial charge in [-0.05, 0) is 18.2 Å². The number of aliphatic hydroxyl groups is 2. The van der Waals surface area contributed by atoms with Gasteiger partial charge >= 0.3 is 0 Å². The molecule has 24 heavy (non-hydrogen) atoms. The van der Waals surface area contributed by atoms with E-state index in [0.717, 1.165) is 10.6 Å². The Morgan fingerprint density at radius 1 is 1.29 bits per heavy atom. The highest BCUT2D eigenvalue weighted by molar-refractivity contribution is 7.99. The summed E-state index contributed by atoms with van der Waals surface area (Å²) in [5.41, 5.74) is 0.824. The summed E-state index contributed by atoms with van der Waals surface area (Å²) in [6.45, 7) is -0.164. The number of non-ortho nitro benzene ring substituents is 1. The molecule has 0 aliphatic rings. The quantitative estimate of drug-likeness (QED) is 0.520. The molecule has 2 rings (SSSR count). The van der Waals surface area contributed by atoms with Crippen LogP contribution in [0.1, 0.15) is 5.56 Å². The molecule has 7 nitrogen and oxygen atoms in total. The predicted octanol–water partition coefficient (Wildman–Crippen LogP) is 2.38. The van der Waals surface area contributed by atoms with Gasteiger partial charge in [0.15, 0.2) is 0 Å². The normalized spacial score (nSPS) is 11.5. The van der Waals surface area contributed by atoms with Gasteiger partial charge in [-0.3, -0.25) is 10.1 Å². The van der Waals surface area contributed by atoms with Gasteiger partial charge in [-0.25, -0.2) is 0 Å². The van der Waals surface area contributed by atoms with Crippen LogP contribution in [0.5, 0.6) is 0 Å². The fourth-order valence-electron chi connectivity index (χ4n) is 1.92. The van der Waals surface area contributed by atoms with Gasteiger partial charge in [0.1, 0.15) is 6.07 Å². The van der Waals surface area contributed by atoms with Crippen molar-refractivity contribution in [2.75, 3.05) is 18.5 Å². The van der Waals surface area contributed by atoms with E-state index < -0.39 is 11.0 Å². The number of anilines is 1. The number of hydrogen-bond donors (Lipinski definition) is 3. The van der Waals surface area contributed by atoms with E-state index in [4.69, 9.17) is 5.11 Å². The molecule has 1 unspecified atom stereocenters. The minimum absolute atomic E-state index is 0.131. The second kappa shape index (κ2) is 8.31. The number of nitro benzene ring substituents is 1. The smallest absolute Gasteiger partial charge is 0.270 e. The molecule has 0 aliphatic carbocycles. The summed E-state index contributed by atoms with van der Waals surface area (Å²) in [6, 6.07) is 13.4. The van der Waals surface area contributed by atoms with Crippen LogP contribution in [-0.2, 0) is 0 Å². The average molecular weight is 345 g/mol. The van der Waals surface area contributed by atoms with Crippen LogP contribution < -0.4 is 5.32 Å². The van der Waals surface area contributed by atoms with E-state index in [2.05, 4.69) is 5.32 Å². The van der Waals surface area contributed by atoms with Crippen LogP contribution in [-0.4, -0.2) is 34.4 Å². The number of para-hydroxylation sites is 1. The minimum atomic E-state index is -0.878. The molecule has 1 atom stereocenters. The van der Waals surface area contributed by atoms with Gasteiger partial charge in [0.05, 0.1) is 23.2 Å². The average Bonchev–Trinajstić information content (AvgIpc) is 2.60. The number of rotatable bonds is 7. The molecule has 0 saturated carbocycles. The highest BCUT2D eigenvalue weighted by Crippen LogP contribution is 2.36. The van der Waals surface area contributed by atoms with Gasteiger partial charge in [0, 0.05) is 34.2 Å². The van der Waals surface area contributed by atoms with Crippen LogP contribution in [0.15, 0.2) is 52.3 Å². The molecule has 0 saturated heterocycles. The summed E-state index contributed by atoms with van der Waals surface area (Å²) in [4.78, 5) is 11.7. The molecule has 124 valence electrons. The minimum Gasteiger partial charge on any atom is -0.394 e. The van der Waals surface area contributed by atoms with Gasteiger partial charge in [-0.2, -0.15) is 5.26 Å². The second-order valence-corrected chi connectivity index (χ2v) is 5.95. The topological polar surface area (TPSA) is 119 Å². The first-order valence-corrected chi connectivity index (χ1v) is 7.85. The summed E-state index contributed by atoms with van der Waals surface area (Å²) in [5, 5.41) is 41.4. The van der Waals surface area contributed by atoms with E-state index in [1.54, 1.807) is 6.07 Å². The molecule has 2 aromatic rings. The Hall–Kier alpha value is -2.60. The zero-order valence-electron chi connectivity index (χ0n) is 12.5. The first kappa shape index (κ1) is 17.7. The monoisotopic (exact) mass is 345 g/mol. The molecule has 0 radical (unpaired) electrons. The Morgan fingerprint density at radius 2 is 2.04 bits per heavy atom. The van der Waals surface area contributed by atoms with Crippen LogP contribution in [0.25, 0.3) is 0 Å². The van der Waals surface area contributed by atoms with Crippen LogP contribution in [0.2, 0.25) is 0 Å². The van der Waals surface area contributed by atoms with Crippen molar-refractivity contribution in [1.82, 2.24) is 0 Å². The van der Waals surface area contributed by atoms with Crippen molar-refractivity contribution in [2.45, 2.75) is 15.9 Å². The molecule has 0 aromatic heterocycles. The zero-order valence-corrected chi connectivity index (χ0v) is 13.4. The lowest BCUT2D eigenvalue weighted by atomic mass is 10.2. The standard InChI is InChI=1S/C16H15N3O4S/c17-8-11-7-12(19(22)23)5-6-15(11)24-16-4-2-1-3-14(16)18-9-13(21)10-20/h1-7,13,18,20-21H,9-10H2. The number of nitro groups is 1. The predicted molar refractivity (Wildman–Crippen MR) is 90.0 cm³/mol. The molecule has 0 spiro atoms. The molecule has 0 aliphatic heterocycles. The lowest BCUT2D eigenvalue weighted by Gasteiger charge is -2.14. The van der Waals surface area contributed by atoms with Crippen molar-refractivity contribution < 1.29 is 15.1 Å². The molecule has 0 amide bonds. The molecule has 3 N–H and O–H groups in total. The maximum Gasteiger partial charge on any atom is 0.270 e. The highest BCUT2D eigenvalue weighted by atomic mass is 32.2. The van der Waals surface area contributed by atoms with E-state index in [0.29, 0.717) is 4.90 Å². The fraction of sp³-hybridized carbons (Fsp3) is 0.188. The number of nitrogens with one attached hydrogen (secondary N) is 1. The number of aliphatic hydroxyl groups excluding tert-OH is 2. The maximum atomic E-state index is 10.8. The zero-order chi connectivity index (χ0) is 17.5. The van der Waals surface area contributed by atoms with E-state index in [-0.39, 0.29) is 24.4 Å². The number of benzene rings is 2. The van der Waals surface area contributed by atoms with Crippen molar-refractivity contribution in [3.63, 3.8) is 0 Å². The Bertz CT molecular complexity index is 776. The highest BCUT2D eigenvalue weighted by Gasteiger charge is 2.13. The summed E-state index contributed by atoms with van der Waals surface area (Å²) in [6.07, 6.45) is -0.878. The van der Waals surface area contributed by atoms with Gasteiger partial charge in [0.2, 0.25) is 0 Å². The third kappa shape index (κ3) is 4.45. The van der Waals surface area contributed by atoms with Gasteiger partial charge in [-0.1, -0.05) is 23.9 Å². The van der Waals surface area contributed by atoms with Gasteiger partial charge in [0.25, 0.3) is 5.69 Å². The number of hydrogen-bond acceptors (Lipinski definition) is 7. The SMILES string of the molecule is N#Cc1cc([N+](=O)[O-])ccc1Sc1ccccc1NCC(O)CO. The third-order valence-corrected chi connectivity index (χ3v) is 4.29. The Balaban J connectivity index is 2.25. The molecular weight excluding hydrogens is 330 g/mol. The second-order valence-electron chi connectivity index (χ2n) is 4.86. The van der Waals surface area contributed by atoms with E-state index in [9.17, 15) is 20.5 Å². The van der Waals surface area contributed by atoms with E-state index in [1.807, 2.05) is 30.3 Å². The van der Waals surface area contributed by atoms with Crippen LogP contribution >= 0.6 is 11.8 Å². The van der Waals surface area contributed by atoms with Gasteiger partial charge < -0.3 is 15.5 Å². The first-order valence-electron chi connectivity index (χ1n) is 7.03. The van der Waals surface area contributed by atoms with Crippen LogP contribution in [0, 0.1) is 21.4 Å². The van der Waals surface area contributed by atoms with Crippen molar-refractivity contribution in [1.29, 1.82) is 5.26 Å². The van der Waals surface area contributed by atoms with Crippen LogP contribution in [0.4, 0.5) is 11.4 Å². The summed E-state index contributed by atoms with van der Waals surface area (Å²) in [5.74, 6) is 0. The Kier molecular flexibility index (Phi) is 6.14. The third-order valence-electron chi connectivity index (χ3n) is 3.14. The summed E-state index contributed by atoms with van der Waals surface area (Å²) < 4.78 is 0. The van der Waals surface area contributed by atoms with Crippen molar-refractivity contribution in [3.05, 3.63) is 58.1 Å². The summed E-state index contributed by atoms with van der Waals surface area (Å²) >= 11 is 1.29. The molecule has 2 aromatic carbocycles. The van der Waals surface area contributed by atoms with Crippen molar-refractivity contribution in [3.8, 4) is 6.07 Å². The lowest BCUT2D eigenvalue weighted by molar-refractivity contribution is -0.384. The first-order chi connectivity index (χ1) is 11.5. The largest absolute Gasteiger partial charge is 0.394 e. The number of nitrogens with zero attached hydrogens (tertiary/aromatic N) is 2. The Labute approximate surface area is 142 Å².